The molecular weight excluding hydrogens is 346 g/mol. The van der Waals surface area contributed by atoms with Crippen LogP contribution in [0.25, 0.3) is 0 Å². The van der Waals surface area contributed by atoms with Gasteiger partial charge in [-0.1, -0.05) is 58.0 Å². The zero-order valence-electron chi connectivity index (χ0n) is 16.5. The van der Waals surface area contributed by atoms with Crippen LogP contribution in [0, 0.1) is 17.8 Å². The van der Waals surface area contributed by atoms with Gasteiger partial charge in [0.2, 0.25) is 17.7 Å². The van der Waals surface area contributed by atoms with E-state index in [9.17, 15) is 14.4 Å². The van der Waals surface area contributed by atoms with Crippen LogP contribution in [0.5, 0.6) is 0 Å². The van der Waals surface area contributed by atoms with Gasteiger partial charge in [-0.25, -0.2) is 5.48 Å². The molecule has 0 aliphatic rings. The lowest BCUT2D eigenvalue weighted by Gasteiger charge is -2.25. The molecule has 0 saturated heterocycles. The van der Waals surface area contributed by atoms with Crippen LogP contribution in [-0.4, -0.2) is 29.0 Å². The van der Waals surface area contributed by atoms with Gasteiger partial charge in [0, 0.05) is 18.9 Å². The van der Waals surface area contributed by atoms with Crippen LogP contribution >= 0.6 is 0 Å². The van der Waals surface area contributed by atoms with E-state index in [0.717, 1.165) is 5.56 Å². The summed E-state index contributed by atoms with van der Waals surface area (Å²) >= 11 is 0. The molecule has 0 fully saturated rings. The second-order valence-electron chi connectivity index (χ2n) is 7.50. The first-order chi connectivity index (χ1) is 12.7. The van der Waals surface area contributed by atoms with Gasteiger partial charge >= 0.3 is 0 Å². The summed E-state index contributed by atoms with van der Waals surface area (Å²) in [6.45, 7) is 7.98. The van der Waals surface area contributed by atoms with Crippen molar-refractivity contribution in [3.63, 3.8) is 0 Å². The molecule has 0 aromatic heterocycles. The third-order valence-corrected chi connectivity index (χ3v) is 4.24. The Morgan fingerprint density at radius 3 is 2.15 bits per heavy atom. The maximum atomic E-state index is 12.7. The van der Waals surface area contributed by atoms with Gasteiger partial charge in [-0.05, 0) is 23.8 Å². The maximum absolute atomic E-state index is 12.7. The van der Waals surface area contributed by atoms with E-state index in [0.29, 0.717) is 13.0 Å². The molecule has 3 amide bonds. The molecule has 0 heterocycles. The summed E-state index contributed by atoms with van der Waals surface area (Å²) < 4.78 is 0. The molecule has 150 valence electrons. The summed E-state index contributed by atoms with van der Waals surface area (Å²) in [6.07, 6.45) is 0.354. The van der Waals surface area contributed by atoms with Gasteiger partial charge in [0.1, 0.15) is 6.04 Å². The van der Waals surface area contributed by atoms with Gasteiger partial charge in [-0.2, -0.15) is 0 Å². The van der Waals surface area contributed by atoms with Gasteiger partial charge < -0.3 is 10.6 Å². The lowest BCUT2D eigenvalue weighted by Crippen LogP contribution is -2.51. The second-order valence-corrected chi connectivity index (χ2v) is 7.50. The number of hydrogen-bond donors (Lipinski definition) is 4. The first-order valence-electron chi connectivity index (χ1n) is 9.29. The lowest BCUT2D eigenvalue weighted by molar-refractivity contribution is -0.137. The largest absolute Gasteiger partial charge is 0.350 e. The molecule has 0 spiro atoms. The third kappa shape index (κ3) is 8.21. The monoisotopic (exact) mass is 377 g/mol. The quantitative estimate of drug-likeness (QED) is 0.369. The first kappa shape index (κ1) is 22.6. The van der Waals surface area contributed by atoms with Crippen molar-refractivity contribution in [3.8, 4) is 0 Å². The van der Waals surface area contributed by atoms with Gasteiger partial charge in [-0.3, -0.25) is 19.6 Å². The summed E-state index contributed by atoms with van der Waals surface area (Å²) in [4.78, 5) is 36.7. The van der Waals surface area contributed by atoms with E-state index >= 15 is 0 Å². The first-order valence-corrected chi connectivity index (χ1v) is 9.29. The molecule has 0 saturated carbocycles. The minimum Gasteiger partial charge on any atom is -0.350 e. The maximum Gasteiger partial charge on any atom is 0.244 e. The van der Waals surface area contributed by atoms with E-state index < -0.39 is 17.9 Å². The van der Waals surface area contributed by atoms with Crippen LogP contribution in [-0.2, 0) is 20.9 Å². The predicted molar refractivity (Wildman–Crippen MR) is 103 cm³/mol. The van der Waals surface area contributed by atoms with Crippen molar-refractivity contribution in [1.29, 1.82) is 0 Å². The Morgan fingerprint density at radius 2 is 1.63 bits per heavy atom. The SMILES string of the molecule is CC(C)CC(CC(=O)NO)C(=O)NC(C(=O)NCc1ccccc1)C(C)C. The van der Waals surface area contributed by atoms with Crippen molar-refractivity contribution < 1.29 is 19.6 Å². The zero-order chi connectivity index (χ0) is 20.4. The fraction of sp³-hybridized carbons (Fsp3) is 0.550. The summed E-state index contributed by atoms with van der Waals surface area (Å²) in [5, 5.41) is 14.4. The Balaban J connectivity index is 2.75. The van der Waals surface area contributed by atoms with E-state index in [1.54, 1.807) is 5.48 Å². The molecule has 1 aromatic rings. The summed E-state index contributed by atoms with van der Waals surface area (Å²) in [5.41, 5.74) is 2.53. The normalized spacial score (nSPS) is 13.1. The van der Waals surface area contributed by atoms with Gasteiger partial charge in [0.25, 0.3) is 0 Å². The third-order valence-electron chi connectivity index (χ3n) is 4.24. The highest BCUT2D eigenvalue weighted by Crippen LogP contribution is 2.17. The van der Waals surface area contributed by atoms with Crippen molar-refractivity contribution in [2.24, 2.45) is 17.8 Å². The fourth-order valence-corrected chi connectivity index (χ4v) is 2.82. The number of hydrogen-bond acceptors (Lipinski definition) is 4. The second kappa shape index (κ2) is 11.3. The number of amides is 3. The molecule has 7 heteroatoms. The van der Waals surface area contributed by atoms with Crippen molar-refractivity contribution in [3.05, 3.63) is 35.9 Å². The molecule has 0 aliphatic heterocycles. The smallest absolute Gasteiger partial charge is 0.244 e. The molecule has 0 bridgehead atoms. The van der Waals surface area contributed by atoms with Crippen LogP contribution in [0.2, 0.25) is 0 Å². The van der Waals surface area contributed by atoms with Crippen molar-refractivity contribution in [1.82, 2.24) is 16.1 Å². The molecule has 2 unspecified atom stereocenters. The molecule has 4 N–H and O–H groups in total. The Kier molecular flexibility index (Phi) is 9.50. The number of nitrogens with one attached hydrogen (secondary N) is 3. The van der Waals surface area contributed by atoms with E-state index in [4.69, 9.17) is 5.21 Å². The van der Waals surface area contributed by atoms with Crippen LogP contribution in [0.1, 0.15) is 46.1 Å². The van der Waals surface area contributed by atoms with Gasteiger partial charge in [-0.15, -0.1) is 0 Å². The van der Waals surface area contributed by atoms with Crippen LogP contribution in [0.3, 0.4) is 0 Å². The number of carbonyl (C=O) groups excluding carboxylic acids is 3. The van der Waals surface area contributed by atoms with Crippen molar-refractivity contribution in [2.45, 2.75) is 53.1 Å². The van der Waals surface area contributed by atoms with E-state index in [1.165, 1.54) is 0 Å². The topological polar surface area (TPSA) is 108 Å². The summed E-state index contributed by atoms with van der Waals surface area (Å²) in [5.74, 6) is -1.78. The van der Waals surface area contributed by atoms with Gasteiger partial charge in [0.05, 0.1) is 0 Å². The molecule has 27 heavy (non-hydrogen) atoms. The van der Waals surface area contributed by atoms with E-state index in [2.05, 4.69) is 10.6 Å². The Bertz CT molecular complexity index is 617. The highest BCUT2D eigenvalue weighted by Gasteiger charge is 2.29. The highest BCUT2D eigenvalue weighted by atomic mass is 16.5. The number of benzene rings is 1. The number of rotatable bonds is 10. The standard InChI is InChI=1S/C20H31N3O4/c1-13(2)10-16(11-17(24)23-27)19(25)22-18(14(3)4)20(26)21-12-15-8-6-5-7-9-15/h5-9,13-14,16,18,27H,10-12H2,1-4H3,(H,21,26)(H,22,25)(H,23,24). The molecular formula is C20H31N3O4. The molecule has 0 aliphatic carbocycles. The Morgan fingerprint density at radius 1 is 1.00 bits per heavy atom. The molecule has 1 aromatic carbocycles. The average Bonchev–Trinajstić information content (AvgIpc) is 2.63. The van der Waals surface area contributed by atoms with E-state index in [-0.39, 0.29) is 30.1 Å². The molecule has 2 atom stereocenters. The van der Waals surface area contributed by atoms with Crippen LogP contribution in [0.4, 0.5) is 0 Å². The number of hydroxylamine groups is 1. The lowest BCUT2D eigenvalue weighted by atomic mass is 9.92. The Hall–Kier alpha value is -2.41. The highest BCUT2D eigenvalue weighted by molar-refractivity contribution is 5.90. The van der Waals surface area contributed by atoms with Crippen LogP contribution in [0.15, 0.2) is 30.3 Å². The predicted octanol–water partition coefficient (Wildman–Crippen LogP) is 2.00. The minimum absolute atomic E-state index is 0.115. The van der Waals surface area contributed by atoms with E-state index in [1.807, 2.05) is 58.0 Å². The minimum atomic E-state index is -0.701. The Labute approximate surface area is 160 Å². The fourth-order valence-electron chi connectivity index (χ4n) is 2.82. The average molecular weight is 377 g/mol. The molecule has 0 radical (unpaired) electrons. The van der Waals surface area contributed by atoms with Crippen molar-refractivity contribution in [2.75, 3.05) is 0 Å². The molecule has 1 rings (SSSR count). The summed E-state index contributed by atoms with van der Waals surface area (Å²) in [6, 6.07) is 8.82. The van der Waals surface area contributed by atoms with Crippen LogP contribution < -0.4 is 16.1 Å². The van der Waals surface area contributed by atoms with Crippen molar-refractivity contribution >= 4 is 17.7 Å². The molecule has 7 nitrogen and oxygen atoms in total. The van der Waals surface area contributed by atoms with Gasteiger partial charge in [0.15, 0.2) is 0 Å². The number of carbonyl (C=O) groups is 3. The summed E-state index contributed by atoms with van der Waals surface area (Å²) in [7, 11) is 0. The zero-order valence-corrected chi connectivity index (χ0v) is 16.5.